The zero-order valence-corrected chi connectivity index (χ0v) is 21.7. The number of halogens is 6. The van der Waals surface area contributed by atoms with Crippen molar-refractivity contribution < 1.29 is 18.0 Å². The molecule has 11 heteroatoms. The highest BCUT2D eigenvalue weighted by Gasteiger charge is 2.35. The van der Waals surface area contributed by atoms with Crippen molar-refractivity contribution in [3.05, 3.63) is 92.7 Å². The van der Waals surface area contributed by atoms with E-state index in [0.717, 1.165) is 18.2 Å². The number of piperazine rings is 1. The fourth-order valence-electron chi connectivity index (χ4n) is 3.96. The van der Waals surface area contributed by atoms with Crippen molar-refractivity contribution in [2.45, 2.75) is 6.18 Å². The number of rotatable bonds is 6. The summed E-state index contributed by atoms with van der Waals surface area (Å²) in [6, 6.07) is 12.4. The molecular weight excluding hydrogens is 548 g/mol. The molecule has 1 aromatic heterocycles. The van der Waals surface area contributed by atoms with E-state index >= 15 is 0 Å². The van der Waals surface area contributed by atoms with Gasteiger partial charge >= 0.3 is 6.18 Å². The average Bonchev–Trinajstić information content (AvgIpc) is 2.86. The number of carbonyl (C=O) groups is 1. The summed E-state index contributed by atoms with van der Waals surface area (Å²) in [5.41, 5.74) is 0.630. The monoisotopic (exact) mass is 568 g/mol. The molecule has 0 saturated carbocycles. The lowest BCUT2D eigenvalue weighted by Gasteiger charge is -2.36. The van der Waals surface area contributed by atoms with Crippen molar-refractivity contribution in [1.82, 2.24) is 9.88 Å². The van der Waals surface area contributed by atoms with Crippen LogP contribution in [0.3, 0.4) is 0 Å². The minimum atomic E-state index is -4.68. The Morgan fingerprint density at radius 1 is 1.00 bits per heavy atom. The number of anilines is 2. The molecule has 2 aromatic carbocycles. The van der Waals surface area contributed by atoms with Crippen molar-refractivity contribution in [2.24, 2.45) is 0 Å². The zero-order valence-electron chi connectivity index (χ0n) is 19.4. The standard InChI is InChI=1S/C26H22Cl3F3N4O/c27-19-5-3-17(4-6-19)2-1-9-35-10-12-36(13-11-35)23-16-21(28)20(26(30,31)32)15-22(23)34-25(37)18-7-8-33-24(29)14-18/h1-8,14-16H,9-13H2,(H,34,37)/b2-1+. The molecule has 0 bridgehead atoms. The van der Waals surface area contributed by atoms with E-state index in [4.69, 9.17) is 34.8 Å². The van der Waals surface area contributed by atoms with Gasteiger partial charge in [-0.1, -0.05) is 59.1 Å². The SMILES string of the molecule is O=C(Nc1cc(C(F)(F)F)c(Cl)cc1N1CCN(C/C=C/c2ccc(Cl)cc2)CC1)c1ccnc(Cl)c1. The lowest BCUT2D eigenvalue weighted by molar-refractivity contribution is -0.137. The Labute approximate surface area is 227 Å². The van der Waals surface area contributed by atoms with Gasteiger partial charge in [0.1, 0.15) is 5.15 Å². The van der Waals surface area contributed by atoms with E-state index in [1.165, 1.54) is 24.4 Å². The molecule has 4 rings (SSSR count). The number of benzene rings is 2. The second-order valence-electron chi connectivity index (χ2n) is 8.41. The lowest BCUT2D eigenvalue weighted by Crippen LogP contribution is -2.46. The predicted octanol–water partition coefficient (Wildman–Crippen LogP) is 7.15. The Balaban J connectivity index is 1.49. The van der Waals surface area contributed by atoms with E-state index in [-0.39, 0.29) is 16.4 Å². The van der Waals surface area contributed by atoms with E-state index < -0.39 is 22.7 Å². The van der Waals surface area contributed by atoms with Gasteiger partial charge in [-0.15, -0.1) is 0 Å². The Kier molecular flexibility index (Phi) is 8.64. The highest BCUT2D eigenvalue weighted by Crippen LogP contribution is 2.41. The smallest absolute Gasteiger partial charge is 0.367 e. The van der Waals surface area contributed by atoms with Crippen molar-refractivity contribution in [2.75, 3.05) is 42.9 Å². The third kappa shape index (κ3) is 7.17. The summed E-state index contributed by atoms with van der Waals surface area (Å²) in [7, 11) is 0. The molecular formula is C26H22Cl3F3N4O. The van der Waals surface area contributed by atoms with Crippen LogP contribution < -0.4 is 10.2 Å². The third-order valence-corrected chi connectivity index (χ3v) is 6.66. The van der Waals surface area contributed by atoms with Crippen molar-refractivity contribution in [3.8, 4) is 0 Å². The van der Waals surface area contributed by atoms with Crippen LogP contribution in [0.5, 0.6) is 0 Å². The predicted molar refractivity (Wildman–Crippen MR) is 143 cm³/mol. The number of hydrogen-bond donors (Lipinski definition) is 1. The average molecular weight is 570 g/mol. The van der Waals surface area contributed by atoms with E-state index in [2.05, 4.69) is 21.3 Å². The summed E-state index contributed by atoms with van der Waals surface area (Å²) in [4.78, 5) is 20.8. The molecule has 37 heavy (non-hydrogen) atoms. The molecule has 1 amide bonds. The van der Waals surface area contributed by atoms with Crippen LogP contribution in [0.4, 0.5) is 24.5 Å². The minimum Gasteiger partial charge on any atom is -0.367 e. The number of aromatic nitrogens is 1. The molecule has 0 spiro atoms. The Morgan fingerprint density at radius 3 is 2.35 bits per heavy atom. The first-order valence-corrected chi connectivity index (χ1v) is 12.5. The number of nitrogens with zero attached hydrogens (tertiary/aromatic N) is 3. The first kappa shape index (κ1) is 27.3. The minimum absolute atomic E-state index is 0.0192. The molecule has 0 radical (unpaired) electrons. The Morgan fingerprint density at radius 2 is 1.70 bits per heavy atom. The fraction of sp³-hybridized carbons (Fsp3) is 0.231. The van der Waals surface area contributed by atoms with Crippen molar-refractivity contribution >= 4 is 58.2 Å². The van der Waals surface area contributed by atoms with E-state index in [1.807, 2.05) is 35.2 Å². The molecule has 3 aromatic rings. The molecule has 2 heterocycles. The number of hydrogen-bond acceptors (Lipinski definition) is 4. The van der Waals surface area contributed by atoms with Crippen LogP contribution in [0.2, 0.25) is 15.2 Å². The van der Waals surface area contributed by atoms with Crippen LogP contribution in [0.25, 0.3) is 6.08 Å². The number of pyridine rings is 1. The van der Waals surface area contributed by atoms with Gasteiger partial charge in [0.2, 0.25) is 0 Å². The number of nitrogens with one attached hydrogen (secondary N) is 1. The maximum atomic E-state index is 13.6. The summed E-state index contributed by atoms with van der Waals surface area (Å²) < 4.78 is 40.7. The molecule has 0 aliphatic carbocycles. The van der Waals surface area contributed by atoms with Gasteiger partial charge in [-0.2, -0.15) is 13.2 Å². The molecule has 1 aliphatic rings. The summed E-state index contributed by atoms with van der Waals surface area (Å²) in [5, 5.41) is 2.94. The fourth-order valence-corrected chi connectivity index (χ4v) is 4.53. The van der Waals surface area contributed by atoms with Gasteiger partial charge in [0, 0.05) is 49.5 Å². The largest absolute Gasteiger partial charge is 0.417 e. The highest BCUT2D eigenvalue weighted by atomic mass is 35.5. The molecule has 5 nitrogen and oxygen atoms in total. The van der Waals surface area contributed by atoms with Crippen LogP contribution in [0.15, 0.2) is 60.8 Å². The number of amides is 1. The second kappa shape index (κ2) is 11.7. The van der Waals surface area contributed by atoms with Crippen LogP contribution >= 0.6 is 34.8 Å². The second-order valence-corrected chi connectivity index (χ2v) is 9.64. The van der Waals surface area contributed by atoms with Gasteiger partial charge in [-0.3, -0.25) is 9.69 Å². The van der Waals surface area contributed by atoms with Gasteiger partial charge in [0.25, 0.3) is 5.91 Å². The van der Waals surface area contributed by atoms with Gasteiger partial charge in [-0.25, -0.2) is 4.98 Å². The zero-order chi connectivity index (χ0) is 26.6. The lowest BCUT2D eigenvalue weighted by atomic mass is 10.1. The van der Waals surface area contributed by atoms with Gasteiger partial charge in [0.05, 0.1) is 22.0 Å². The summed E-state index contributed by atoms with van der Waals surface area (Å²) in [6.45, 7) is 3.16. The molecule has 0 atom stereocenters. The van der Waals surface area contributed by atoms with E-state index in [9.17, 15) is 18.0 Å². The van der Waals surface area contributed by atoms with Crippen LogP contribution in [0, 0.1) is 0 Å². The number of carbonyl (C=O) groups excluding carboxylic acids is 1. The molecule has 194 valence electrons. The first-order chi connectivity index (χ1) is 17.6. The summed E-state index contributed by atoms with van der Waals surface area (Å²) in [6.07, 6.45) is 0.739. The molecule has 1 fully saturated rings. The van der Waals surface area contributed by atoms with Crippen molar-refractivity contribution in [1.29, 1.82) is 0 Å². The normalized spacial score (nSPS) is 14.8. The van der Waals surface area contributed by atoms with Crippen LogP contribution in [0.1, 0.15) is 21.5 Å². The maximum absolute atomic E-state index is 13.6. The Hall–Kier alpha value is -2.78. The number of alkyl halides is 3. The Bertz CT molecular complexity index is 1290. The summed E-state index contributed by atoms with van der Waals surface area (Å²) >= 11 is 17.8. The highest BCUT2D eigenvalue weighted by molar-refractivity contribution is 6.32. The van der Waals surface area contributed by atoms with E-state index in [0.29, 0.717) is 36.9 Å². The topological polar surface area (TPSA) is 48.5 Å². The molecule has 1 N–H and O–H groups in total. The van der Waals surface area contributed by atoms with Gasteiger partial charge < -0.3 is 10.2 Å². The van der Waals surface area contributed by atoms with Gasteiger partial charge in [-0.05, 0) is 42.0 Å². The first-order valence-electron chi connectivity index (χ1n) is 11.3. The molecule has 0 unspecified atom stereocenters. The summed E-state index contributed by atoms with van der Waals surface area (Å²) in [5.74, 6) is -0.605. The third-order valence-electron chi connectivity index (χ3n) is 5.88. The van der Waals surface area contributed by atoms with Crippen molar-refractivity contribution in [3.63, 3.8) is 0 Å². The molecule has 1 saturated heterocycles. The molecule has 1 aliphatic heterocycles. The maximum Gasteiger partial charge on any atom is 0.417 e. The van der Waals surface area contributed by atoms with Crippen LogP contribution in [-0.2, 0) is 6.18 Å². The van der Waals surface area contributed by atoms with E-state index in [1.54, 1.807) is 0 Å². The van der Waals surface area contributed by atoms with Gasteiger partial charge in [0.15, 0.2) is 0 Å². The quantitative estimate of drug-likeness (QED) is 0.320. The van der Waals surface area contributed by atoms with Crippen LogP contribution in [-0.4, -0.2) is 48.5 Å².